The van der Waals surface area contributed by atoms with Gasteiger partial charge in [0, 0.05) is 38.3 Å². The summed E-state index contributed by atoms with van der Waals surface area (Å²) < 4.78 is 29.6. The Kier molecular flexibility index (Phi) is 6.07. The lowest BCUT2D eigenvalue weighted by Crippen LogP contribution is -2.50. The zero-order valence-electron chi connectivity index (χ0n) is 17.7. The minimum atomic E-state index is -0.455. The van der Waals surface area contributed by atoms with Crippen LogP contribution in [0.2, 0.25) is 0 Å². The Morgan fingerprint density at radius 1 is 0.938 bits per heavy atom. The maximum atomic E-state index is 14.0. The highest BCUT2D eigenvalue weighted by atomic mass is 19.1. The van der Waals surface area contributed by atoms with Gasteiger partial charge >= 0.3 is 0 Å². The van der Waals surface area contributed by atoms with Crippen molar-refractivity contribution in [3.8, 4) is 22.8 Å². The van der Waals surface area contributed by atoms with Crippen LogP contribution in [0.1, 0.15) is 20.8 Å². The highest BCUT2D eigenvalue weighted by Gasteiger charge is 2.28. The molecule has 1 aliphatic heterocycles. The lowest BCUT2D eigenvalue weighted by atomic mass is 10.1. The van der Waals surface area contributed by atoms with Crippen molar-refractivity contribution in [3.05, 3.63) is 65.6 Å². The molecule has 0 bridgehead atoms. The van der Waals surface area contributed by atoms with Gasteiger partial charge in [-0.05, 0) is 24.3 Å². The fourth-order valence-corrected chi connectivity index (χ4v) is 3.58. The summed E-state index contributed by atoms with van der Waals surface area (Å²) in [4.78, 5) is 29.0. The fraction of sp³-hybridized carbons (Fsp3) is 0.261. The Labute approximate surface area is 184 Å². The van der Waals surface area contributed by atoms with Gasteiger partial charge in [-0.25, -0.2) is 4.39 Å². The predicted octanol–water partition coefficient (Wildman–Crippen LogP) is 3.10. The summed E-state index contributed by atoms with van der Waals surface area (Å²) in [5, 5.41) is 3.81. The Balaban J connectivity index is 1.41. The number of rotatable bonds is 5. The molecule has 1 saturated heterocycles. The second-order valence-corrected chi connectivity index (χ2v) is 7.21. The number of amides is 2. The number of aromatic nitrogens is 1. The van der Waals surface area contributed by atoms with Crippen molar-refractivity contribution < 1.29 is 28.0 Å². The number of hydrogen-bond acceptors (Lipinski definition) is 6. The van der Waals surface area contributed by atoms with Crippen LogP contribution >= 0.6 is 0 Å². The molecule has 8 nitrogen and oxygen atoms in total. The molecular weight excluding hydrogens is 417 g/mol. The lowest BCUT2D eigenvalue weighted by molar-refractivity contribution is 0.0528. The minimum Gasteiger partial charge on any atom is -0.497 e. The standard InChI is InChI=1S/C23H22FN3O5/c1-30-15-7-8-17(20(13-15)31-2)22(28)26-9-11-27(12-10-26)23(29)19-14-21(32-25-19)16-5-3-4-6-18(16)24/h3-8,13-14H,9-12H2,1-2H3. The monoisotopic (exact) mass is 439 g/mol. The van der Waals surface area contributed by atoms with Gasteiger partial charge in [-0.2, -0.15) is 0 Å². The summed E-state index contributed by atoms with van der Waals surface area (Å²) in [5.41, 5.74) is 0.766. The van der Waals surface area contributed by atoms with Crippen LogP contribution in [-0.2, 0) is 0 Å². The van der Waals surface area contributed by atoms with Crippen LogP contribution < -0.4 is 9.47 Å². The number of piperazine rings is 1. The Bertz CT molecular complexity index is 1140. The van der Waals surface area contributed by atoms with E-state index in [-0.39, 0.29) is 28.8 Å². The minimum absolute atomic E-state index is 0.0971. The number of halogens is 1. The fourth-order valence-electron chi connectivity index (χ4n) is 3.58. The summed E-state index contributed by atoms with van der Waals surface area (Å²) in [7, 11) is 3.04. The highest BCUT2D eigenvalue weighted by molar-refractivity contribution is 5.97. The molecule has 0 saturated carbocycles. The molecule has 2 amide bonds. The third-order valence-electron chi connectivity index (χ3n) is 5.36. The predicted molar refractivity (Wildman–Crippen MR) is 113 cm³/mol. The van der Waals surface area contributed by atoms with E-state index in [0.717, 1.165) is 0 Å². The molecule has 32 heavy (non-hydrogen) atoms. The van der Waals surface area contributed by atoms with Gasteiger partial charge in [0.1, 0.15) is 17.3 Å². The SMILES string of the molecule is COc1ccc(C(=O)N2CCN(C(=O)c3cc(-c4ccccc4F)on3)CC2)c(OC)c1. The average molecular weight is 439 g/mol. The van der Waals surface area contributed by atoms with Gasteiger partial charge in [-0.3, -0.25) is 9.59 Å². The highest BCUT2D eigenvalue weighted by Crippen LogP contribution is 2.27. The van der Waals surface area contributed by atoms with Crippen LogP contribution in [0.5, 0.6) is 11.5 Å². The zero-order valence-corrected chi connectivity index (χ0v) is 17.7. The average Bonchev–Trinajstić information content (AvgIpc) is 3.33. The first-order valence-electron chi connectivity index (χ1n) is 10.0. The van der Waals surface area contributed by atoms with Crippen LogP contribution in [0.25, 0.3) is 11.3 Å². The number of hydrogen-bond donors (Lipinski definition) is 0. The van der Waals surface area contributed by atoms with Gasteiger partial charge in [0.15, 0.2) is 11.5 Å². The molecule has 0 aliphatic carbocycles. The molecule has 0 unspecified atom stereocenters. The van der Waals surface area contributed by atoms with Gasteiger partial charge < -0.3 is 23.8 Å². The van der Waals surface area contributed by atoms with E-state index < -0.39 is 5.82 Å². The smallest absolute Gasteiger partial charge is 0.276 e. The van der Waals surface area contributed by atoms with Crippen LogP contribution in [0.4, 0.5) is 4.39 Å². The second kappa shape index (κ2) is 9.09. The normalized spacial score (nSPS) is 13.7. The van der Waals surface area contributed by atoms with Gasteiger partial charge in [-0.1, -0.05) is 17.3 Å². The number of carbonyl (C=O) groups is 2. The molecule has 0 radical (unpaired) electrons. The van der Waals surface area contributed by atoms with Crippen LogP contribution in [0, 0.1) is 5.82 Å². The van der Waals surface area contributed by atoms with Crippen molar-refractivity contribution >= 4 is 11.8 Å². The van der Waals surface area contributed by atoms with E-state index in [2.05, 4.69) is 5.16 Å². The van der Waals surface area contributed by atoms with Gasteiger partial charge in [-0.15, -0.1) is 0 Å². The van der Waals surface area contributed by atoms with Crippen molar-refractivity contribution in [2.45, 2.75) is 0 Å². The van der Waals surface area contributed by atoms with Crippen molar-refractivity contribution in [1.82, 2.24) is 15.0 Å². The first kappa shape index (κ1) is 21.4. The van der Waals surface area contributed by atoms with E-state index in [0.29, 0.717) is 43.2 Å². The maximum Gasteiger partial charge on any atom is 0.276 e. The lowest BCUT2D eigenvalue weighted by Gasteiger charge is -2.34. The Morgan fingerprint density at radius 3 is 2.28 bits per heavy atom. The van der Waals surface area contributed by atoms with E-state index in [9.17, 15) is 14.0 Å². The van der Waals surface area contributed by atoms with E-state index >= 15 is 0 Å². The van der Waals surface area contributed by atoms with E-state index in [1.165, 1.54) is 19.2 Å². The molecule has 0 atom stereocenters. The molecular formula is C23H22FN3O5. The van der Waals surface area contributed by atoms with Crippen LogP contribution in [-0.4, -0.2) is 67.2 Å². The number of carbonyl (C=O) groups excluding carboxylic acids is 2. The summed E-state index contributed by atoms with van der Waals surface area (Å²) in [6.07, 6.45) is 0. The first-order valence-corrected chi connectivity index (χ1v) is 10.0. The van der Waals surface area contributed by atoms with E-state index in [4.69, 9.17) is 14.0 Å². The maximum absolute atomic E-state index is 14.0. The molecule has 9 heteroatoms. The van der Waals surface area contributed by atoms with Gasteiger partial charge in [0.05, 0.1) is 25.3 Å². The summed E-state index contributed by atoms with van der Waals surface area (Å²) in [6.45, 7) is 1.39. The number of methoxy groups -OCH3 is 2. The summed E-state index contributed by atoms with van der Waals surface area (Å²) >= 11 is 0. The van der Waals surface area contributed by atoms with E-state index in [1.54, 1.807) is 53.3 Å². The van der Waals surface area contributed by atoms with E-state index in [1.807, 2.05) is 0 Å². The van der Waals surface area contributed by atoms with Crippen molar-refractivity contribution in [1.29, 1.82) is 0 Å². The van der Waals surface area contributed by atoms with Crippen LogP contribution in [0.3, 0.4) is 0 Å². The quantitative estimate of drug-likeness (QED) is 0.607. The second-order valence-electron chi connectivity index (χ2n) is 7.21. The molecule has 3 aromatic rings. The molecule has 1 fully saturated rings. The van der Waals surface area contributed by atoms with Crippen molar-refractivity contribution in [2.75, 3.05) is 40.4 Å². The Morgan fingerprint density at radius 2 is 1.62 bits per heavy atom. The third-order valence-corrected chi connectivity index (χ3v) is 5.36. The zero-order chi connectivity index (χ0) is 22.7. The topological polar surface area (TPSA) is 85.1 Å². The molecule has 2 heterocycles. The molecule has 4 rings (SSSR count). The first-order chi connectivity index (χ1) is 15.5. The molecule has 0 N–H and O–H groups in total. The number of benzene rings is 2. The largest absolute Gasteiger partial charge is 0.497 e. The number of ether oxygens (including phenoxy) is 2. The van der Waals surface area contributed by atoms with Gasteiger partial charge in [0.2, 0.25) is 0 Å². The van der Waals surface area contributed by atoms with Crippen LogP contribution in [0.15, 0.2) is 53.1 Å². The summed E-state index contributed by atoms with van der Waals surface area (Å²) in [5.74, 6) is 0.244. The molecule has 2 aromatic carbocycles. The molecule has 1 aliphatic rings. The summed E-state index contributed by atoms with van der Waals surface area (Å²) in [6, 6.07) is 12.6. The molecule has 1 aromatic heterocycles. The molecule has 166 valence electrons. The van der Waals surface area contributed by atoms with Gasteiger partial charge in [0.25, 0.3) is 11.8 Å². The number of nitrogens with zero attached hydrogens (tertiary/aromatic N) is 3. The van der Waals surface area contributed by atoms with Crippen molar-refractivity contribution in [2.24, 2.45) is 0 Å². The third kappa shape index (κ3) is 4.14. The molecule has 0 spiro atoms. The Hall–Kier alpha value is -3.88. The van der Waals surface area contributed by atoms with Crippen molar-refractivity contribution in [3.63, 3.8) is 0 Å².